The Labute approximate surface area is 134 Å². The fourth-order valence-electron chi connectivity index (χ4n) is 2.61. The molecule has 3 rings (SSSR count). The van der Waals surface area contributed by atoms with Crippen LogP contribution in [0.1, 0.15) is 28.9 Å². The van der Waals surface area contributed by atoms with Crippen molar-refractivity contribution in [2.75, 3.05) is 7.11 Å². The number of methoxy groups -OCH3 is 1. The first kappa shape index (κ1) is 13.9. The van der Waals surface area contributed by atoms with Gasteiger partial charge in [0.1, 0.15) is 5.75 Å². The molecule has 20 heavy (non-hydrogen) atoms. The second kappa shape index (κ2) is 5.37. The third kappa shape index (κ3) is 2.23. The molecule has 1 aromatic carbocycles. The van der Waals surface area contributed by atoms with Crippen molar-refractivity contribution in [3.63, 3.8) is 0 Å². The van der Waals surface area contributed by atoms with E-state index < -0.39 is 0 Å². The summed E-state index contributed by atoms with van der Waals surface area (Å²) in [4.78, 5) is 11.9. The molecule has 0 fully saturated rings. The minimum Gasteiger partial charge on any atom is -0.495 e. The van der Waals surface area contributed by atoms with Gasteiger partial charge in [-0.1, -0.05) is 0 Å². The lowest BCUT2D eigenvalue weighted by Crippen LogP contribution is -2.12. The summed E-state index contributed by atoms with van der Waals surface area (Å²) in [5, 5.41) is 0. The van der Waals surface area contributed by atoms with Crippen molar-refractivity contribution in [2.24, 2.45) is 0 Å². The lowest BCUT2D eigenvalue weighted by molar-refractivity contribution is 0.0972. The Morgan fingerprint density at radius 1 is 1.20 bits per heavy atom. The maximum atomic E-state index is 11.9. The van der Waals surface area contributed by atoms with E-state index in [0.717, 1.165) is 44.5 Å². The van der Waals surface area contributed by atoms with Crippen molar-refractivity contribution < 1.29 is 9.53 Å². The van der Waals surface area contributed by atoms with Crippen LogP contribution in [-0.2, 0) is 6.42 Å². The van der Waals surface area contributed by atoms with Gasteiger partial charge < -0.3 is 9.30 Å². The molecule has 0 bridgehead atoms. The number of hydrogen-bond acceptors (Lipinski definition) is 2. The van der Waals surface area contributed by atoms with Gasteiger partial charge in [0, 0.05) is 34.4 Å². The smallest absolute Gasteiger partial charge is 0.164 e. The van der Waals surface area contributed by atoms with Crippen LogP contribution in [0.3, 0.4) is 0 Å². The molecular weight excluding hydrogens is 386 g/mol. The Bertz CT molecular complexity index is 691. The molecule has 1 aliphatic carbocycles. The zero-order valence-electron chi connectivity index (χ0n) is 11.0. The van der Waals surface area contributed by atoms with Crippen LogP contribution in [0.2, 0.25) is 0 Å². The number of ketones is 1. The van der Waals surface area contributed by atoms with Crippen molar-refractivity contribution in [3.8, 4) is 11.4 Å². The van der Waals surface area contributed by atoms with Crippen molar-refractivity contribution in [1.29, 1.82) is 0 Å². The van der Waals surface area contributed by atoms with Gasteiger partial charge in [0.2, 0.25) is 0 Å². The van der Waals surface area contributed by atoms with E-state index in [1.54, 1.807) is 7.11 Å². The van der Waals surface area contributed by atoms with Crippen LogP contribution in [0.4, 0.5) is 0 Å². The van der Waals surface area contributed by atoms with Gasteiger partial charge in [-0.15, -0.1) is 0 Å². The largest absolute Gasteiger partial charge is 0.495 e. The molecule has 3 nitrogen and oxygen atoms in total. The zero-order valence-corrected chi connectivity index (χ0v) is 14.1. The summed E-state index contributed by atoms with van der Waals surface area (Å²) >= 11 is 7.05. The number of benzene rings is 1. The lowest BCUT2D eigenvalue weighted by Gasteiger charge is -2.17. The van der Waals surface area contributed by atoms with Crippen LogP contribution in [0.15, 0.2) is 33.3 Å². The quantitative estimate of drug-likeness (QED) is 0.744. The summed E-state index contributed by atoms with van der Waals surface area (Å²) in [6.07, 6.45) is 4.46. The molecule has 0 amide bonds. The third-order valence-corrected chi connectivity index (χ3v) is 4.85. The molecule has 0 spiro atoms. The normalized spacial score (nSPS) is 14.2. The van der Waals surface area contributed by atoms with Crippen LogP contribution < -0.4 is 4.74 Å². The molecule has 1 heterocycles. The second-order valence-corrected chi connectivity index (χ2v) is 6.47. The van der Waals surface area contributed by atoms with E-state index in [2.05, 4.69) is 36.4 Å². The van der Waals surface area contributed by atoms with E-state index >= 15 is 0 Å². The van der Waals surface area contributed by atoms with E-state index in [4.69, 9.17) is 4.74 Å². The number of Topliss-reactive ketones (excluding diaryl/α,β-unsaturated/α-hetero) is 1. The molecule has 1 aliphatic rings. The monoisotopic (exact) mass is 397 g/mol. The van der Waals surface area contributed by atoms with Crippen LogP contribution in [0.5, 0.6) is 5.75 Å². The summed E-state index contributed by atoms with van der Waals surface area (Å²) in [5.74, 6) is 1.01. The van der Waals surface area contributed by atoms with Gasteiger partial charge in [0.15, 0.2) is 5.78 Å². The minimum atomic E-state index is 0.241. The fourth-order valence-corrected chi connectivity index (χ4v) is 3.96. The molecule has 0 aliphatic heterocycles. The first-order chi connectivity index (χ1) is 9.61. The Kier molecular flexibility index (Phi) is 3.73. The number of carbonyl (C=O) groups excluding carboxylic acids is 1. The highest BCUT2D eigenvalue weighted by Crippen LogP contribution is 2.35. The number of ether oxygens (including phenoxy) is 1. The maximum Gasteiger partial charge on any atom is 0.164 e. The van der Waals surface area contributed by atoms with E-state index in [0.29, 0.717) is 6.42 Å². The number of fused-ring (bicyclic) bond motifs is 1. The summed E-state index contributed by atoms with van der Waals surface area (Å²) in [6, 6.07) is 5.84. The molecule has 0 atom stereocenters. The van der Waals surface area contributed by atoms with Crippen molar-refractivity contribution >= 4 is 37.6 Å². The second-order valence-electron chi connectivity index (χ2n) is 4.76. The van der Waals surface area contributed by atoms with Gasteiger partial charge in [-0.25, -0.2) is 0 Å². The Morgan fingerprint density at radius 3 is 2.75 bits per heavy atom. The van der Waals surface area contributed by atoms with Gasteiger partial charge in [-0.3, -0.25) is 4.79 Å². The predicted octanol–water partition coefficient (Wildman–Crippen LogP) is 4.53. The van der Waals surface area contributed by atoms with Gasteiger partial charge in [-0.05, 0) is 56.8 Å². The number of nitrogens with zero attached hydrogens (tertiary/aromatic N) is 1. The topological polar surface area (TPSA) is 31.2 Å². The first-order valence-corrected chi connectivity index (χ1v) is 7.97. The minimum absolute atomic E-state index is 0.241. The highest BCUT2D eigenvalue weighted by atomic mass is 79.9. The standard InChI is InChI=1S/C15H13Br2NO2/c1-20-15-8-13(10(16)7-11(15)17)18-6-5-9-12(18)3-2-4-14(9)19/h5-8H,2-4H2,1H3. The molecule has 0 saturated carbocycles. The zero-order chi connectivity index (χ0) is 14.3. The fraction of sp³-hybridized carbons (Fsp3) is 0.267. The Morgan fingerprint density at radius 2 is 2.00 bits per heavy atom. The number of carbonyl (C=O) groups is 1. The SMILES string of the molecule is COc1cc(-n2ccc3c2CCCC3=O)c(Br)cc1Br. The van der Waals surface area contributed by atoms with Crippen molar-refractivity contribution in [3.05, 3.63) is 44.6 Å². The van der Waals surface area contributed by atoms with Crippen molar-refractivity contribution in [2.45, 2.75) is 19.3 Å². The van der Waals surface area contributed by atoms with E-state index in [1.807, 2.05) is 24.4 Å². The highest BCUT2D eigenvalue weighted by molar-refractivity contribution is 9.11. The van der Waals surface area contributed by atoms with Crippen LogP contribution in [0, 0.1) is 0 Å². The van der Waals surface area contributed by atoms with Crippen molar-refractivity contribution in [1.82, 2.24) is 4.57 Å². The Hall–Kier alpha value is -1.07. The number of aromatic nitrogens is 1. The predicted molar refractivity (Wildman–Crippen MR) is 85.0 cm³/mol. The molecule has 104 valence electrons. The summed E-state index contributed by atoms with van der Waals surface area (Å²) in [7, 11) is 1.65. The average molecular weight is 399 g/mol. The highest BCUT2D eigenvalue weighted by Gasteiger charge is 2.22. The molecule has 0 N–H and O–H groups in total. The maximum absolute atomic E-state index is 11.9. The number of rotatable bonds is 2. The van der Waals surface area contributed by atoms with Crippen LogP contribution in [-0.4, -0.2) is 17.5 Å². The molecule has 0 unspecified atom stereocenters. The first-order valence-electron chi connectivity index (χ1n) is 6.38. The summed E-state index contributed by atoms with van der Waals surface area (Å²) in [6.45, 7) is 0. The van der Waals surface area contributed by atoms with Gasteiger partial charge in [-0.2, -0.15) is 0 Å². The molecule has 2 aromatic rings. The number of hydrogen-bond donors (Lipinski definition) is 0. The molecule has 5 heteroatoms. The Balaban J connectivity index is 2.17. The molecule has 0 radical (unpaired) electrons. The third-order valence-electron chi connectivity index (χ3n) is 3.59. The number of halogens is 2. The summed E-state index contributed by atoms with van der Waals surface area (Å²) in [5.41, 5.74) is 2.93. The van der Waals surface area contributed by atoms with Gasteiger partial charge in [0.05, 0.1) is 17.3 Å². The van der Waals surface area contributed by atoms with E-state index in [1.165, 1.54) is 0 Å². The average Bonchev–Trinajstić information content (AvgIpc) is 2.84. The van der Waals surface area contributed by atoms with Crippen LogP contribution >= 0.6 is 31.9 Å². The molecule has 0 saturated heterocycles. The molecular formula is C15H13Br2NO2. The van der Waals surface area contributed by atoms with E-state index in [-0.39, 0.29) is 5.78 Å². The molecule has 1 aromatic heterocycles. The van der Waals surface area contributed by atoms with E-state index in [9.17, 15) is 4.79 Å². The van der Waals surface area contributed by atoms with Gasteiger partial charge >= 0.3 is 0 Å². The lowest BCUT2D eigenvalue weighted by atomic mass is 9.97. The van der Waals surface area contributed by atoms with Crippen LogP contribution in [0.25, 0.3) is 5.69 Å². The summed E-state index contributed by atoms with van der Waals surface area (Å²) < 4.78 is 9.29. The van der Waals surface area contributed by atoms with Gasteiger partial charge in [0.25, 0.3) is 0 Å².